The minimum atomic E-state index is -0.166. The van der Waals surface area contributed by atoms with Gasteiger partial charge < -0.3 is 5.32 Å². The fraction of sp³-hybridized carbons (Fsp3) is 0.882. The SMILES string of the molecule is CCCCCC(CCCCC)NC1CCC(=O)N(C)C1=O. The minimum Gasteiger partial charge on any atom is -0.303 e. The van der Waals surface area contributed by atoms with Gasteiger partial charge in [0.2, 0.25) is 11.8 Å². The number of hydrogen-bond donors (Lipinski definition) is 1. The van der Waals surface area contributed by atoms with E-state index in [9.17, 15) is 9.59 Å². The summed E-state index contributed by atoms with van der Waals surface area (Å²) in [5.74, 6) is -0.103. The highest BCUT2D eigenvalue weighted by atomic mass is 16.2. The second-order valence-electron chi connectivity index (χ2n) is 6.24. The van der Waals surface area contributed by atoms with Crippen molar-refractivity contribution in [2.45, 2.75) is 90.1 Å². The van der Waals surface area contributed by atoms with Crippen molar-refractivity contribution in [3.8, 4) is 0 Å². The van der Waals surface area contributed by atoms with Crippen molar-refractivity contribution in [2.24, 2.45) is 0 Å². The third-order valence-electron chi connectivity index (χ3n) is 4.40. The lowest BCUT2D eigenvalue weighted by atomic mass is 9.98. The van der Waals surface area contributed by atoms with E-state index < -0.39 is 0 Å². The summed E-state index contributed by atoms with van der Waals surface area (Å²) >= 11 is 0. The second kappa shape index (κ2) is 9.93. The Balaban J connectivity index is 2.49. The zero-order chi connectivity index (χ0) is 15.7. The third-order valence-corrected chi connectivity index (χ3v) is 4.40. The molecule has 0 bridgehead atoms. The Morgan fingerprint density at radius 1 is 1.10 bits per heavy atom. The van der Waals surface area contributed by atoms with Gasteiger partial charge in [-0.05, 0) is 19.3 Å². The Bertz CT molecular complexity index is 321. The van der Waals surface area contributed by atoms with Crippen LogP contribution < -0.4 is 5.32 Å². The van der Waals surface area contributed by atoms with E-state index >= 15 is 0 Å². The maximum Gasteiger partial charge on any atom is 0.246 e. The molecule has 1 rings (SSSR count). The predicted octanol–water partition coefficient (Wildman–Crippen LogP) is 3.25. The summed E-state index contributed by atoms with van der Waals surface area (Å²) in [6, 6.07) is 0.250. The van der Waals surface area contributed by atoms with Crippen molar-refractivity contribution in [2.75, 3.05) is 7.05 Å². The summed E-state index contributed by atoms with van der Waals surface area (Å²) in [5.41, 5.74) is 0. The molecule has 1 fully saturated rings. The Labute approximate surface area is 129 Å². The number of nitrogens with one attached hydrogen (secondary N) is 1. The molecule has 1 saturated heterocycles. The van der Waals surface area contributed by atoms with Gasteiger partial charge in [-0.2, -0.15) is 0 Å². The van der Waals surface area contributed by atoms with E-state index in [1.54, 1.807) is 7.05 Å². The molecule has 0 saturated carbocycles. The normalized spacial score (nSPS) is 19.6. The van der Waals surface area contributed by atoms with Gasteiger partial charge in [0.1, 0.15) is 0 Å². The largest absolute Gasteiger partial charge is 0.303 e. The monoisotopic (exact) mass is 296 g/mol. The van der Waals surface area contributed by atoms with Gasteiger partial charge in [-0.25, -0.2) is 0 Å². The number of rotatable bonds is 10. The summed E-state index contributed by atoms with van der Waals surface area (Å²) in [5, 5.41) is 3.53. The number of likely N-dealkylation sites (tertiary alicyclic amines) is 1. The third kappa shape index (κ3) is 6.16. The Morgan fingerprint density at radius 3 is 2.19 bits per heavy atom. The lowest BCUT2D eigenvalue weighted by Gasteiger charge is -2.31. The molecule has 4 nitrogen and oxygen atoms in total. The quantitative estimate of drug-likeness (QED) is 0.497. The van der Waals surface area contributed by atoms with Crippen LogP contribution in [-0.4, -0.2) is 35.8 Å². The summed E-state index contributed by atoms with van der Waals surface area (Å²) in [6.07, 6.45) is 10.8. The summed E-state index contributed by atoms with van der Waals surface area (Å²) < 4.78 is 0. The van der Waals surface area contributed by atoms with Crippen LogP contribution >= 0.6 is 0 Å². The van der Waals surface area contributed by atoms with Gasteiger partial charge in [-0.1, -0.05) is 52.4 Å². The highest BCUT2D eigenvalue weighted by Crippen LogP contribution is 2.16. The number of carbonyl (C=O) groups is 2. The second-order valence-corrected chi connectivity index (χ2v) is 6.24. The first kappa shape index (κ1) is 18.1. The first-order chi connectivity index (χ1) is 10.1. The van der Waals surface area contributed by atoms with Crippen molar-refractivity contribution >= 4 is 11.8 Å². The average molecular weight is 296 g/mol. The van der Waals surface area contributed by atoms with Gasteiger partial charge in [0, 0.05) is 19.5 Å². The zero-order valence-electron chi connectivity index (χ0n) is 14.0. The highest BCUT2D eigenvalue weighted by molar-refractivity contribution is 6.00. The van der Waals surface area contributed by atoms with E-state index in [1.165, 1.54) is 43.4 Å². The number of likely N-dealkylation sites (N-methyl/N-ethyl adjacent to an activating group) is 1. The van der Waals surface area contributed by atoms with Crippen LogP contribution in [0.25, 0.3) is 0 Å². The van der Waals surface area contributed by atoms with Gasteiger partial charge in [0.15, 0.2) is 0 Å². The van der Waals surface area contributed by atoms with Crippen molar-refractivity contribution in [3.63, 3.8) is 0 Å². The van der Waals surface area contributed by atoms with Crippen LogP contribution in [0, 0.1) is 0 Å². The maximum atomic E-state index is 12.2. The van der Waals surface area contributed by atoms with Gasteiger partial charge in [-0.3, -0.25) is 14.5 Å². The number of carbonyl (C=O) groups excluding carboxylic acids is 2. The molecule has 1 atom stereocenters. The number of hydrogen-bond acceptors (Lipinski definition) is 3. The van der Waals surface area contributed by atoms with E-state index in [1.807, 2.05) is 0 Å². The minimum absolute atomic E-state index is 0.0495. The van der Waals surface area contributed by atoms with E-state index in [2.05, 4.69) is 19.2 Å². The number of imide groups is 1. The van der Waals surface area contributed by atoms with Crippen molar-refractivity contribution < 1.29 is 9.59 Å². The smallest absolute Gasteiger partial charge is 0.246 e. The number of unbranched alkanes of at least 4 members (excludes halogenated alkanes) is 4. The molecule has 4 heteroatoms. The van der Waals surface area contributed by atoms with Crippen LogP contribution in [0.15, 0.2) is 0 Å². The molecule has 1 N–H and O–H groups in total. The lowest BCUT2D eigenvalue weighted by Crippen LogP contribution is -2.53. The number of piperidine rings is 1. The van der Waals surface area contributed by atoms with Gasteiger partial charge in [-0.15, -0.1) is 0 Å². The molecule has 0 aromatic heterocycles. The molecule has 1 unspecified atom stereocenters. The van der Waals surface area contributed by atoms with Crippen molar-refractivity contribution in [3.05, 3.63) is 0 Å². The van der Waals surface area contributed by atoms with Crippen LogP contribution in [0.3, 0.4) is 0 Å². The van der Waals surface area contributed by atoms with Crippen molar-refractivity contribution in [1.82, 2.24) is 10.2 Å². The van der Waals surface area contributed by atoms with Gasteiger partial charge in [0.05, 0.1) is 6.04 Å². The van der Waals surface area contributed by atoms with E-state index in [-0.39, 0.29) is 17.9 Å². The molecule has 0 aromatic rings. The first-order valence-electron chi connectivity index (χ1n) is 8.66. The Hall–Kier alpha value is -0.900. The molecule has 1 heterocycles. The molecule has 0 aliphatic carbocycles. The summed E-state index contributed by atoms with van der Waals surface area (Å²) in [6.45, 7) is 4.43. The molecular weight excluding hydrogens is 264 g/mol. The molecule has 0 radical (unpaired) electrons. The van der Waals surface area contributed by atoms with Crippen molar-refractivity contribution in [1.29, 1.82) is 0 Å². The average Bonchev–Trinajstić information content (AvgIpc) is 2.48. The van der Waals surface area contributed by atoms with E-state index in [4.69, 9.17) is 0 Å². The van der Waals surface area contributed by atoms with Crippen LogP contribution in [0.5, 0.6) is 0 Å². The molecule has 21 heavy (non-hydrogen) atoms. The first-order valence-corrected chi connectivity index (χ1v) is 8.66. The molecular formula is C17H32N2O2. The topological polar surface area (TPSA) is 49.4 Å². The van der Waals surface area contributed by atoms with Crippen LogP contribution in [0.2, 0.25) is 0 Å². The highest BCUT2D eigenvalue weighted by Gasteiger charge is 2.32. The van der Waals surface area contributed by atoms with Crippen LogP contribution in [-0.2, 0) is 9.59 Å². The van der Waals surface area contributed by atoms with E-state index in [0.29, 0.717) is 18.9 Å². The Morgan fingerprint density at radius 2 is 1.67 bits per heavy atom. The molecule has 122 valence electrons. The summed E-state index contributed by atoms with van der Waals surface area (Å²) in [4.78, 5) is 25.0. The maximum absolute atomic E-state index is 12.2. The van der Waals surface area contributed by atoms with Gasteiger partial charge >= 0.3 is 0 Å². The van der Waals surface area contributed by atoms with Crippen LogP contribution in [0.1, 0.15) is 78.1 Å². The number of nitrogens with zero attached hydrogens (tertiary/aromatic N) is 1. The summed E-state index contributed by atoms with van der Waals surface area (Å²) in [7, 11) is 1.60. The standard InChI is InChI=1S/C17H32N2O2/c1-4-6-8-10-14(11-9-7-5-2)18-15-12-13-16(20)19(3)17(15)21/h14-15,18H,4-13H2,1-3H3. The molecule has 0 aromatic carbocycles. The zero-order valence-corrected chi connectivity index (χ0v) is 14.0. The van der Waals surface area contributed by atoms with E-state index in [0.717, 1.165) is 12.8 Å². The molecule has 1 aliphatic rings. The molecule has 0 spiro atoms. The number of amides is 2. The predicted molar refractivity (Wildman–Crippen MR) is 86.0 cm³/mol. The van der Waals surface area contributed by atoms with Crippen LogP contribution in [0.4, 0.5) is 0 Å². The fourth-order valence-corrected chi connectivity index (χ4v) is 2.95. The lowest BCUT2D eigenvalue weighted by molar-refractivity contribution is -0.148. The molecule has 2 amide bonds. The van der Waals surface area contributed by atoms with Gasteiger partial charge in [0.25, 0.3) is 0 Å². The Kier molecular flexibility index (Phi) is 8.58. The molecule has 1 aliphatic heterocycles. The fourth-order valence-electron chi connectivity index (χ4n) is 2.95.